The van der Waals surface area contributed by atoms with E-state index in [1.165, 1.54) is 4.88 Å². The Morgan fingerprint density at radius 2 is 1.78 bits per heavy atom. The summed E-state index contributed by atoms with van der Waals surface area (Å²) in [6, 6.07) is 6.20. The van der Waals surface area contributed by atoms with Gasteiger partial charge in [-0.1, -0.05) is 6.92 Å². The Hall–Kier alpha value is -1.62. The van der Waals surface area contributed by atoms with Crippen molar-refractivity contribution < 1.29 is 8.78 Å². The highest BCUT2D eigenvalue weighted by atomic mass is 32.1. The molecule has 0 amide bonds. The number of nitrogen functional groups attached to an aromatic ring is 1. The maximum Gasteiger partial charge on any atom is 0.151 e. The molecule has 2 rings (SSSR count). The second kappa shape index (κ2) is 5.35. The van der Waals surface area contributed by atoms with E-state index in [0.29, 0.717) is 6.54 Å². The Labute approximate surface area is 108 Å². The summed E-state index contributed by atoms with van der Waals surface area (Å²) in [6.07, 6.45) is 0.968. The molecule has 0 unspecified atom stereocenters. The first-order chi connectivity index (χ1) is 8.60. The van der Waals surface area contributed by atoms with Gasteiger partial charge in [-0.05, 0) is 30.7 Å². The van der Waals surface area contributed by atoms with Crippen LogP contribution in [-0.2, 0) is 13.0 Å². The third-order valence-corrected chi connectivity index (χ3v) is 3.80. The van der Waals surface area contributed by atoms with Crippen LogP contribution in [0.2, 0.25) is 0 Å². The molecule has 1 heterocycles. The van der Waals surface area contributed by atoms with E-state index in [2.05, 4.69) is 12.2 Å². The summed E-state index contributed by atoms with van der Waals surface area (Å²) in [5.41, 5.74) is 5.31. The predicted octanol–water partition coefficient (Wildman–Crippen LogP) is 3.78. The Kier molecular flexibility index (Phi) is 3.81. The van der Waals surface area contributed by atoms with Crippen LogP contribution in [-0.4, -0.2) is 0 Å². The quantitative estimate of drug-likeness (QED) is 0.828. The van der Waals surface area contributed by atoms with Crippen molar-refractivity contribution >= 4 is 22.7 Å². The third-order valence-electron chi connectivity index (χ3n) is 2.57. The number of nitrogens with one attached hydrogen (secondary N) is 1. The lowest BCUT2D eigenvalue weighted by Crippen LogP contribution is -2.03. The lowest BCUT2D eigenvalue weighted by atomic mass is 10.2. The molecule has 1 aromatic carbocycles. The summed E-state index contributed by atoms with van der Waals surface area (Å²) in [5, 5.41) is 2.77. The molecule has 0 fully saturated rings. The normalized spacial score (nSPS) is 10.6. The first kappa shape index (κ1) is 12.8. The molecule has 3 N–H and O–H groups in total. The fourth-order valence-corrected chi connectivity index (χ4v) is 2.54. The number of anilines is 2. The smallest absolute Gasteiger partial charge is 0.151 e. The van der Waals surface area contributed by atoms with Gasteiger partial charge < -0.3 is 11.1 Å². The van der Waals surface area contributed by atoms with Crippen LogP contribution in [0.25, 0.3) is 0 Å². The number of aryl methyl sites for hydroxylation is 1. The van der Waals surface area contributed by atoms with Crippen LogP contribution in [0.5, 0.6) is 0 Å². The Balaban J connectivity index is 2.10. The molecular formula is C13H14F2N2S. The molecule has 0 saturated heterocycles. The molecule has 0 aliphatic carbocycles. The summed E-state index contributed by atoms with van der Waals surface area (Å²) in [6.45, 7) is 2.48. The number of hydrogen-bond acceptors (Lipinski definition) is 3. The molecule has 0 atom stereocenters. The zero-order valence-corrected chi connectivity index (χ0v) is 10.8. The molecule has 0 bridgehead atoms. The van der Waals surface area contributed by atoms with Gasteiger partial charge in [0, 0.05) is 22.0 Å². The molecule has 5 heteroatoms. The van der Waals surface area contributed by atoms with E-state index in [0.717, 1.165) is 23.4 Å². The van der Waals surface area contributed by atoms with E-state index in [4.69, 9.17) is 5.73 Å². The van der Waals surface area contributed by atoms with Crippen LogP contribution in [0.15, 0.2) is 24.3 Å². The molecule has 1 aromatic heterocycles. The van der Waals surface area contributed by atoms with Crippen molar-refractivity contribution in [3.05, 3.63) is 45.7 Å². The standard InChI is InChI=1S/C13H14F2N2S/c1-2-9-3-4-10(18-9)7-17-13-11(14)5-8(16)6-12(13)15/h3-6,17H,2,7,16H2,1H3. The van der Waals surface area contributed by atoms with E-state index in [1.54, 1.807) is 11.3 Å². The number of hydrogen-bond donors (Lipinski definition) is 2. The average molecular weight is 268 g/mol. The van der Waals surface area contributed by atoms with Crippen molar-refractivity contribution in [2.24, 2.45) is 0 Å². The van der Waals surface area contributed by atoms with Crippen molar-refractivity contribution in [2.75, 3.05) is 11.1 Å². The number of benzene rings is 1. The summed E-state index contributed by atoms with van der Waals surface area (Å²) >= 11 is 1.63. The van der Waals surface area contributed by atoms with Gasteiger partial charge in [0.1, 0.15) is 5.69 Å². The lowest BCUT2D eigenvalue weighted by Gasteiger charge is -2.08. The van der Waals surface area contributed by atoms with E-state index in [-0.39, 0.29) is 11.4 Å². The molecular weight excluding hydrogens is 254 g/mol. The second-order valence-electron chi connectivity index (χ2n) is 3.93. The van der Waals surface area contributed by atoms with Crippen LogP contribution in [0.1, 0.15) is 16.7 Å². The Morgan fingerprint density at radius 3 is 2.33 bits per heavy atom. The molecule has 0 aliphatic heterocycles. The van der Waals surface area contributed by atoms with Crippen LogP contribution in [0.3, 0.4) is 0 Å². The molecule has 0 radical (unpaired) electrons. The minimum atomic E-state index is -0.667. The Morgan fingerprint density at radius 1 is 1.17 bits per heavy atom. The molecule has 0 saturated carbocycles. The SMILES string of the molecule is CCc1ccc(CNc2c(F)cc(N)cc2F)s1. The van der Waals surface area contributed by atoms with Crippen molar-refractivity contribution in [1.82, 2.24) is 0 Å². The zero-order valence-electron chi connectivity index (χ0n) is 9.97. The molecule has 96 valence electrons. The number of halogens is 2. The van der Waals surface area contributed by atoms with Gasteiger partial charge in [0.15, 0.2) is 11.6 Å². The van der Waals surface area contributed by atoms with Gasteiger partial charge in [-0.3, -0.25) is 0 Å². The van der Waals surface area contributed by atoms with Gasteiger partial charge in [0.25, 0.3) is 0 Å². The van der Waals surface area contributed by atoms with Crippen LogP contribution >= 0.6 is 11.3 Å². The molecule has 18 heavy (non-hydrogen) atoms. The summed E-state index contributed by atoms with van der Waals surface area (Å²) in [7, 11) is 0. The number of rotatable bonds is 4. The summed E-state index contributed by atoms with van der Waals surface area (Å²) in [5.74, 6) is -1.33. The van der Waals surface area contributed by atoms with Crippen LogP contribution < -0.4 is 11.1 Å². The average Bonchev–Trinajstić information content (AvgIpc) is 2.75. The van der Waals surface area contributed by atoms with E-state index < -0.39 is 11.6 Å². The lowest BCUT2D eigenvalue weighted by molar-refractivity contribution is 0.589. The zero-order chi connectivity index (χ0) is 13.1. The minimum Gasteiger partial charge on any atom is -0.399 e. The number of nitrogens with two attached hydrogens (primary N) is 1. The maximum absolute atomic E-state index is 13.5. The first-order valence-corrected chi connectivity index (χ1v) is 6.47. The number of thiophene rings is 1. The van der Waals surface area contributed by atoms with Gasteiger partial charge in [0.2, 0.25) is 0 Å². The fraction of sp³-hybridized carbons (Fsp3) is 0.231. The predicted molar refractivity (Wildman–Crippen MR) is 71.8 cm³/mol. The van der Waals surface area contributed by atoms with Crippen LogP contribution in [0.4, 0.5) is 20.2 Å². The molecule has 2 aromatic rings. The second-order valence-corrected chi connectivity index (χ2v) is 5.19. The Bertz CT molecular complexity index is 529. The van der Waals surface area contributed by atoms with Crippen LogP contribution in [0, 0.1) is 11.6 Å². The molecule has 2 nitrogen and oxygen atoms in total. The molecule has 0 aliphatic rings. The van der Waals surface area contributed by atoms with Gasteiger partial charge >= 0.3 is 0 Å². The molecule has 0 spiro atoms. The fourth-order valence-electron chi connectivity index (χ4n) is 1.64. The van der Waals surface area contributed by atoms with E-state index in [9.17, 15) is 8.78 Å². The summed E-state index contributed by atoms with van der Waals surface area (Å²) < 4.78 is 27.0. The van der Waals surface area contributed by atoms with E-state index in [1.807, 2.05) is 12.1 Å². The third kappa shape index (κ3) is 2.79. The largest absolute Gasteiger partial charge is 0.399 e. The van der Waals surface area contributed by atoms with Crippen molar-refractivity contribution in [3.63, 3.8) is 0 Å². The summed E-state index contributed by atoms with van der Waals surface area (Å²) in [4.78, 5) is 2.30. The highest BCUT2D eigenvalue weighted by molar-refractivity contribution is 7.12. The van der Waals surface area contributed by atoms with Crippen molar-refractivity contribution in [3.8, 4) is 0 Å². The van der Waals surface area contributed by atoms with Gasteiger partial charge in [0.05, 0.1) is 0 Å². The van der Waals surface area contributed by atoms with Crippen molar-refractivity contribution in [1.29, 1.82) is 0 Å². The maximum atomic E-state index is 13.5. The highest BCUT2D eigenvalue weighted by Crippen LogP contribution is 2.24. The van der Waals surface area contributed by atoms with E-state index >= 15 is 0 Å². The van der Waals surface area contributed by atoms with Gasteiger partial charge in [-0.2, -0.15) is 0 Å². The minimum absolute atomic E-state index is 0.0833. The monoisotopic (exact) mass is 268 g/mol. The highest BCUT2D eigenvalue weighted by Gasteiger charge is 2.10. The van der Waals surface area contributed by atoms with Crippen molar-refractivity contribution in [2.45, 2.75) is 19.9 Å². The topological polar surface area (TPSA) is 38.0 Å². The first-order valence-electron chi connectivity index (χ1n) is 5.66. The van der Waals surface area contributed by atoms with Gasteiger partial charge in [-0.15, -0.1) is 11.3 Å². The van der Waals surface area contributed by atoms with Gasteiger partial charge in [-0.25, -0.2) is 8.78 Å².